The number of aryl methyl sites for hydroxylation is 1. The van der Waals surface area contributed by atoms with Crippen LogP contribution in [0, 0.1) is 12.3 Å². The number of aliphatic carboxylic acids is 1. The normalized spacial score (nSPS) is 12.7. The van der Waals surface area contributed by atoms with Crippen molar-refractivity contribution in [1.29, 1.82) is 0 Å². The van der Waals surface area contributed by atoms with E-state index in [-0.39, 0.29) is 0 Å². The number of rotatable bonds is 3. The molecule has 0 fully saturated rings. The van der Waals surface area contributed by atoms with Crippen molar-refractivity contribution in [3.8, 4) is 0 Å². The van der Waals surface area contributed by atoms with E-state index in [0.717, 1.165) is 5.56 Å². The Balaban J connectivity index is 2.87. The number of halogens is 2. The number of carbonyl (C=O) groups is 2. The van der Waals surface area contributed by atoms with Crippen molar-refractivity contribution < 1.29 is 14.7 Å². The summed E-state index contributed by atoms with van der Waals surface area (Å²) in [6.07, 6.45) is 0. The lowest BCUT2D eigenvalue weighted by Gasteiger charge is -2.27. The van der Waals surface area contributed by atoms with E-state index in [4.69, 9.17) is 11.6 Å². The summed E-state index contributed by atoms with van der Waals surface area (Å²) in [4.78, 5) is 23.2. The third-order valence-electron chi connectivity index (χ3n) is 2.88. The second kappa shape index (κ2) is 6.66. The molecule has 0 heterocycles. The minimum atomic E-state index is -1.08. The van der Waals surface area contributed by atoms with Gasteiger partial charge < -0.3 is 15.7 Å². The molecule has 21 heavy (non-hydrogen) atoms. The molecule has 0 bridgehead atoms. The predicted molar refractivity (Wildman–Crippen MR) is 86.9 cm³/mol. The largest absolute Gasteiger partial charge is 0.480 e. The summed E-state index contributed by atoms with van der Waals surface area (Å²) in [7, 11) is 0. The number of carboxylic acid groups (broad SMARTS) is 1. The first kappa shape index (κ1) is 17.8. The van der Waals surface area contributed by atoms with Crippen molar-refractivity contribution in [3.63, 3.8) is 0 Å². The number of hydrogen-bond acceptors (Lipinski definition) is 2. The molecule has 0 aliphatic rings. The molecule has 3 N–H and O–H groups in total. The fraction of sp³-hybridized carbons (Fsp3) is 0.429. The molecule has 1 aromatic rings. The predicted octanol–water partition coefficient (Wildman–Crippen LogP) is 4.03. The molecule has 5 nitrogen and oxygen atoms in total. The minimum absolute atomic E-state index is 0.473. The van der Waals surface area contributed by atoms with Gasteiger partial charge in [-0.05, 0) is 46.0 Å². The third-order valence-corrected chi connectivity index (χ3v) is 3.95. The summed E-state index contributed by atoms with van der Waals surface area (Å²) < 4.78 is 0.669. The highest BCUT2D eigenvalue weighted by molar-refractivity contribution is 9.10. The average Bonchev–Trinajstić information content (AvgIpc) is 2.31. The molecule has 0 aromatic heterocycles. The Kier molecular flexibility index (Phi) is 5.64. The lowest BCUT2D eigenvalue weighted by molar-refractivity contribution is -0.141. The van der Waals surface area contributed by atoms with Crippen LogP contribution in [0.2, 0.25) is 5.02 Å². The maximum Gasteiger partial charge on any atom is 0.326 e. The lowest BCUT2D eigenvalue weighted by Crippen LogP contribution is -2.50. The van der Waals surface area contributed by atoms with Crippen LogP contribution in [0.1, 0.15) is 26.3 Å². The molecular weight excluding hydrogens is 360 g/mol. The maximum absolute atomic E-state index is 12.0. The van der Waals surface area contributed by atoms with Crippen molar-refractivity contribution in [2.45, 2.75) is 33.7 Å². The first-order valence-corrected chi connectivity index (χ1v) is 7.45. The van der Waals surface area contributed by atoms with Crippen LogP contribution in [0.3, 0.4) is 0 Å². The summed E-state index contributed by atoms with van der Waals surface area (Å²) in [6, 6.07) is 1.78. The number of benzene rings is 1. The van der Waals surface area contributed by atoms with Gasteiger partial charge in [-0.25, -0.2) is 9.59 Å². The number of hydrogen-bond donors (Lipinski definition) is 3. The number of anilines is 1. The monoisotopic (exact) mass is 376 g/mol. The van der Waals surface area contributed by atoms with Crippen LogP contribution >= 0.6 is 27.5 Å². The lowest BCUT2D eigenvalue weighted by atomic mass is 9.87. The van der Waals surface area contributed by atoms with Crippen molar-refractivity contribution in [2.75, 3.05) is 5.32 Å². The zero-order valence-electron chi connectivity index (χ0n) is 12.3. The zero-order valence-corrected chi connectivity index (χ0v) is 14.6. The van der Waals surface area contributed by atoms with Crippen LogP contribution in [-0.2, 0) is 4.79 Å². The zero-order chi connectivity index (χ0) is 16.4. The fourth-order valence-electron chi connectivity index (χ4n) is 1.68. The fourth-order valence-corrected chi connectivity index (χ4v) is 2.40. The van der Waals surface area contributed by atoms with Gasteiger partial charge in [0.15, 0.2) is 0 Å². The Bertz CT molecular complexity index is 570. The molecule has 2 amide bonds. The summed E-state index contributed by atoms with van der Waals surface area (Å²) >= 11 is 9.34. The van der Waals surface area contributed by atoms with Crippen LogP contribution in [0.4, 0.5) is 10.5 Å². The molecule has 1 aromatic carbocycles. The van der Waals surface area contributed by atoms with Gasteiger partial charge in [0, 0.05) is 9.50 Å². The van der Waals surface area contributed by atoms with Crippen molar-refractivity contribution in [1.82, 2.24) is 5.32 Å². The van der Waals surface area contributed by atoms with Crippen molar-refractivity contribution in [3.05, 3.63) is 27.2 Å². The van der Waals surface area contributed by atoms with E-state index in [1.54, 1.807) is 32.9 Å². The van der Waals surface area contributed by atoms with Crippen molar-refractivity contribution >= 4 is 45.2 Å². The van der Waals surface area contributed by atoms with E-state index in [1.807, 2.05) is 6.92 Å². The quantitative estimate of drug-likeness (QED) is 0.744. The highest BCUT2D eigenvalue weighted by Gasteiger charge is 2.32. The standard InChI is InChI=1S/C14H18BrClN2O3/c1-7-5-8(15)10(6-9(7)16)17-13(21)18-11(12(19)20)14(2,3)4/h5-6,11H,1-4H3,(H,19,20)(H2,17,18,21)/t11-/m1/s1. The van der Waals surface area contributed by atoms with Gasteiger partial charge in [0.1, 0.15) is 6.04 Å². The topological polar surface area (TPSA) is 78.4 Å². The molecule has 1 rings (SSSR count). The smallest absolute Gasteiger partial charge is 0.326 e. The minimum Gasteiger partial charge on any atom is -0.480 e. The summed E-state index contributed by atoms with van der Waals surface area (Å²) in [5.74, 6) is -1.08. The Labute approximate surface area is 137 Å². The van der Waals surface area contributed by atoms with Gasteiger partial charge in [-0.1, -0.05) is 32.4 Å². The van der Waals surface area contributed by atoms with Gasteiger partial charge in [0.25, 0.3) is 0 Å². The molecular formula is C14H18BrClN2O3. The molecule has 1 atom stereocenters. The first-order chi connectivity index (χ1) is 9.52. The Hall–Kier alpha value is -1.27. The molecule has 0 aliphatic heterocycles. The highest BCUT2D eigenvalue weighted by atomic mass is 79.9. The summed E-state index contributed by atoms with van der Waals surface area (Å²) in [5.41, 5.74) is 0.736. The molecule has 0 saturated carbocycles. The maximum atomic E-state index is 12.0. The molecule has 0 unspecified atom stereocenters. The van der Waals surface area contributed by atoms with E-state index in [0.29, 0.717) is 15.2 Å². The van der Waals surface area contributed by atoms with Gasteiger partial charge in [0.2, 0.25) is 0 Å². The van der Waals surface area contributed by atoms with E-state index >= 15 is 0 Å². The van der Waals surface area contributed by atoms with Crippen LogP contribution in [0.5, 0.6) is 0 Å². The van der Waals surface area contributed by atoms with Crippen LogP contribution in [0.15, 0.2) is 16.6 Å². The van der Waals surface area contributed by atoms with Gasteiger partial charge in [-0.2, -0.15) is 0 Å². The molecule has 0 radical (unpaired) electrons. The van der Waals surface area contributed by atoms with Crippen molar-refractivity contribution in [2.24, 2.45) is 5.41 Å². The Morgan fingerprint density at radius 2 is 1.90 bits per heavy atom. The molecule has 116 valence electrons. The number of amides is 2. The van der Waals surface area contributed by atoms with Gasteiger partial charge in [-0.3, -0.25) is 0 Å². The number of urea groups is 1. The second-order valence-electron chi connectivity index (χ2n) is 5.82. The van der Waals surface area contributed by atoms with Crippen LogP contribution < -0.4 is 10.6 Å². The van der Waals surface area contributed by atoms with Crippen LogP contribution in [0.25, 0.3) is 0 Å². The Morgan fingerprint density at radius 3 is 2.38 bits per heavy atom. The SMILES string of the molecule is Cc1cc(Br)c(NC(=O)N[C@H](C(=O)O)C(C)(C)C)cc1Cl. The number of carboxylic acids is 1. The molecule has 0 saturated heterocycles. The summed E-state index contributed by atoms with van der Waals surface area (Å²) in [5, 5.41) is 14.7. The number of nitrogens with one attached hydrogen (secondary N) is 2. The van der Waals surface area contributed by atoms with E-state index in [1.165, 1.54) is 0 Å². The third kappa shape index (κ3) is 4.89. The molecule has 0 aliphatic carbocycles. The summed E-state index contributed by atoms with van der Waals surface area (Å²) in [6.45, 7) is 7.07. The van der Waals surface area contributed by atoms with Crippen LogP contribution in [-0.4, -0.2) is 23.1 Å². The van der Waals surface area contributed by atoms with E-state index in [2.05, 4.69) is 26.6 Å². The van der Waals surface area contributed by atoms with E-state index in [9.17, 15) is 14.7 Å². The second-order valence-corrected chi connectivity index (χ2v) is 7.08. The highest BCUT2D eigenvalue weighted by Crippen LogP contribution is 2.29. The van der Waals surface area contributed by atoms with Gasteiger partial charge >= 0.3 is 12.0 Å². The van der Waals surface area contributed by atoms with Gasteiger partial charge in [-0.15, -0.1) is 0 Å². The molecule has 7 heteroatoms. The first-order valence-electron chi connectivity index (χ1n) is 6.28. The molecule has 0 spiro atoms. The van der Waals surface area contributed by atoms with E-state index < -0.39 is 23.5 Å². The van der Waals surface area contributed by atoms with Gasteiger partial charge in [0.05, 0.1) is 5.69 Å². The average molecular weight is 378 g/mol. The Morgan fingerprint density at radius 1 is 1.33 bits per heavy atom. The number of carbonyl (C=O) groups excluding carboxylic acids is 1.